The van der Waals surface area contributed by atoms with Gasteiger partial charge in [-0.2, -0.15) is 10.2 Å². The van der Waals surface area contributed by atoms with Gasteiger partial charge in [0, 0.05) is 41.7 Å². The van der Waals surface area contributed by atoms with Gasteiger partial charge in [-0.25, -0.2) is 18.4 Å². The van der Waals surface area contributed by atoms with E-state index in [4.69, 9.17) is 15.2 Å². The molecule has 0 saturated carbocycles. The molecule has 0 fully saturated rings. The van der Waals surface area contributed by atoms with E-state index in [1.54, 1.807) is 23.9 Å². The number of carboxylic acid groups (broad SMARTS) is 1. The number of rotatable bonds is 4. The summed E-state index contributed by atoms with van der Waals surface area (Å²) in [5, 5.41) is 19.8. The molecule has 11 heteroatoms. The van der Waals surface area contributed by atoms with Gasteiger partial charge in [-0.15, -0.1) is 0 Å². The number of hydrogen-bond donors (Lipinski definition) is 2. The second-order valence-corrected chi connectivity index (χ2v) is 15.3. The lowest BCUT2D eigenvalue weighted by Gasteiger charge is -2.29. The van der Waals surface area contributed by atoms with Crippen LogP contribution < -0.4 is 0 Å². The molecule has 6 bridgehead atoms. The fraction of sp³-hybridized carbons (Fsp3) is 0.333. The number of aromatic nitrogens is 6. The number of carboxylic acids is 1. The second-order valence-electron chi connectivity index (χ2n) is 14.2. The van der Waals surface area contributed by atoms with E-state index in [1.807, 2.05) is 41.3 Å². The molecule has 6 aromatic rings. The number of fused-ring (bicyclic) bond motifs is 10. The molecular formula is C39H40F2N6O2S. The Hall–Kier alpha value is -4.77. The van der Waals surface area contributed by atoms with E-state index in [-0.39, 0.29) is 23.2 Å². The van der Waals surface area contributed by atoms with Crippen molar-refractivity contribution < 1.29 is 18.7 Å². The lowest BCUT2D eigenvalue weighted by Crippen LogP contribution is -2.26. The third-order valence-electron chi connectivity index (χ3n) is 10.2. The Kier molecular flexibility index (Phi) is 8.88. The molecule has 1 aliphatic rings. The third-order valence-corrected chi connectivity index (χ3v) is 11.3. The molecule has 7 rings (SSSR count). The molecule has 1 atom stereocenters. The number of halogens is 2. The van der Waals surface area contributed by atoms with Crippen LogP contribution in [0.2, 0.25) is 0 Å². The number of benzene rings is 3. The molecule has 0 radical (unpaired) electrons. The zero-order chi connectivity index (χ0) is 35.2. The molecule has 1 aliphatic heterocycles. The largest absolute Gasteiger partial charge is 0.481 e. The number of aliphatic carboxylic acids is 1. The number of hydrogen-bond acceptors (Lipinski definition) is 5. The number of H-pyrrole nitrogens is 1. The first kappa shape index (κ1) is 33.7. The monoisotopic (exact) mass is 694 g/mol. The van der Waals surface area contributed by atoms with Crippen LogP contribution in [0.1, 0.15) is 81.0 Å². The standard InChI is InChI=1S/C39H40F2N6O2S/c1-38(2)15-5-6-16-39(3,25-9-7-8-24(18-25)10-13-34(48)49)37-44-36(46(4)45-37)29-19-27(11-12-31(29)40)50-35-30(23-47-22-26(38)21-43-47)28-14-17-42-33(28)20-32(35)41/h7-9,11-12,14,17-22,42H,5-6,10,13,15-16,23H2,1-4H3,(H,48,49). The molecule has 2 N–H and O–H groups in total. The number of nitrogens with one attached hydrogen (secondary N) is 1. The van der Waals surface area contributed by atoms with Crippen LogP contribution in [0.3, 0.4) is 0 Å². The van der Waals surface area contributed by atoms with Crippen LogP contribution in [0.4, 0.5) is 8.78 Å². The minimum absolute atomic E-state index is 0.0376. The van der Waals surface area contributed by atoms with Crippen molar-refractivity contribution in [3.63, 3.8) is 0 Å². The highest BCUT2D eigenvalue weighted by Gasteiger charge is 2.35. The topological polar surface area (TPSA) is 102 Å². The lowest BCUT2D eigenvalue weighted by atomic mass is 9.75. The van der Waals surface area contributed by atoms with Crippen molar-refractivity contribution in [1.82, 2.24) is 29.5 Å². The molecule has 0 aliphatic carbocycles. The summed E-state index contributed by atoms with van der Waals surface area (Å²) in [6, 6.07) is 16.2. The van der Waals surface area contributed by atoms with Gasteiger partial charge < -0.3 is 10.1 Å². The van der Waals surface area contributed by atoms with Crippen LogP contribution >= 0.6 is 11.8 Å². The molecule has 50 heavy (non-hydrogen) atoms. The number of aryl methyl sites for hydroxylation is 2. The van der Waals surface area contributed by atoms with Gasteiger partial charge in [0.25, 0.3) is 0 Å². The molecule has 258 valence electrons. The van der Waals surface area contributed by atoms with E-state index in [2.05, 4.69) is 38.0 Å². The summed E-state index contributed by atoms with van der Waals surface area (Å²) < 4.78 is 35.1. The van der Waals surface area contributed by atoms with Crippen LogP contribution in [0.15, 0.2) is 83.0 Å². The maximum atomic E-state index is 15.9. The fourth-order valence-corrected chi connectivity index (χ4v) is 8.06. The van der Waals surface area contributed by atoms with Gasteiger partial charge in [0.1, 0.15) is 11.6 Å². The van der Waals surface area contributed by atoms with Crippen LogP contribution in [-0.2, 0) is 35.6 Å². The number of carbonyl (C=O) groups is 1. The molecule has 4 heterocycles. The zero-order valence-corrected chi connectivity index (χ0v) is 29.5. The predicted octanol–water partition coefficient (Wildman–Crippen LogP) is 8.81. The van der Waals surface area contributed by atoms with Crippen LogP contribution in [-0.4, -0.2) is 40.6 Å². The minimum atomic E-state index is -0.843. The van der Waals surface area contributed by atoms with Gasteiger partial charge in [0.2, 0.25) is 0 Å². The Labute approximate surface area is 293 Å². The Morgan fingerprint density at radius 3 is 2.66 bits per heavy atom. The van der Waals surface area contributed by atoms with Gasteiger partial charge in [0.15, 0.2) is 11.6 Å². The SMILES string of the molecule is Cn1nc2nc1-c1cc(ccc1F)Sc1c(F)cc3[nH]ccc3c1Cn1cc(cn1)C(C)(C)CCCCC2(C)c1cccc(CCC(=O)O)c1. The van der Waals surface area contributed by atoms with Crippen LogP contribution in [0, 0.1) is 11.6 Å². The van der Waals surface area contributed by atoms with E-state index < -0.39 is 17.2 Å². The van der Waals surface area contributed by atoms with Crippen LogP contribution in [0.5, 0.6) is 0 Å². The van der Waals surface area contributed by atoms with Crippen molar-refractivity contribution in [2.75, 3.05) is 0 Å². The van der Waals surface area contributed by atoms with Crippen molar-refractivity contribution in [3.05, 3.63) is 113 Å². The molecule has 0 amide bonds. The quantitative estimate of drug-likeness (QED) is 0.191. The Balaban J connectivity index is 1.37. The molecular weight excluding hydrogens is 655 g/mol. The van der Waals surface area contributed by atoms with Gasteiger partial charge in [-0.05, 0) is 84.2 Å². The summed E-state index contributed by atoms with van der Waals surface area (Å²) >= 11 is 1.25. The molecule has 8 nitrogen and oxygen atoms in total. The summed E-state index contributed by atoms with van der Waals surface area (Å²) in [5.41, 5.74) is 3.99. The van der Waals surface area contributed by atoms with E-state index >= 15 is 8.78 Å². The Morgan fingerprint density at radius 2 is 1.84 bits per heavy atom. The normalized spacial score (nSPS) is 17.9. The molecule has 3 aromatic carbocycles. The second kappa shape index (κ2) is 13.2. The highest BCUT2D eigenvalue weighted by atomic mass is 32.2. The Bertz CT molecular complexity index is 2220. The third kappa shape index (κ3) is 6.46. The highest BCUT2D eigenvalue weighted by Crippen LogP contribution is 2.41. The number of aromatic amines is 1. The fourth-order valence-electron chi connectivity index (χ4n) is 7.06. The highest BCUT2D eigenvalue weighted by molar-refractivity contribution is 7.99. The molecule has 0 saturated heterocycles. The van der Waals surface area contributed by atoms with Crippen LogP contribution in [0.25, 0.3) is 22.3 Å². The average Bonchev–Trinajstić information content (AvgIpc) is 3.85. The van der Waals surface area contributed by atoms with Gasteiger partial charge >= 0.3 is 5.97 Å². The lowest BCUT2D eigenvalue weighted by molar-refractivity contribution is -0.136. The number of nitrogens with zero attached hydrogens (tertiary/aromatic N) is 5. The van der Waals surface area contributed by atoms with Crippen molar-refractivity contribution in [3.8, 4) is 11.4 Å². The van der Waals surface area contributed by atoms with Crippen molar-refractivity contribution in [1.29, 1.82) is 0 Å². The molecule has 1 unspecified atom stereocenters. The molecule has 3 aromatic heterocycles. The van der Waals surface area contributed by atoms with Gasteiger partial charge in [0.05, 0.1) is 28.6 Å². The molecule has 0 spiro atoms. The maximum Gasteiger partial charge on any atom is 0.303 e. The zero-order valence-electron chi connectivity index (χ0n) is 28.6. The minimum Gasteiger partial charge on any atom is -0.481 e. The van der Waals surface area contributed by atoms with Crippen molar-refractivity contribution >= 4 is 28.6 Å². The van der Waals surface area contributed by atoms with E-state index in [9.17, 15) is 9.90 Å². The van der Waals surface area contributed by atoms with Gasteiger partial charge in [-0.1, -0.05) is 62.7 Å². The summed E-state index contributed by atoms with van der Waals surface area (Å²) in [7, 11) is 1.76. The first-order chi connectivity index (χ1) is 23.9. The van der Waals surface area contributed by atoms with Gasteiger partial charge in [-0.3, -0.25) is 9.48 Å². The first-order valence-electron chi connectivity index (χ1n) is 16.9. The summed E-state index contributed by atoms with van der Waals surface area (Å²) in [6.07, 6.45) is 9.68. The van der Waals surface area contributed by atoms with Crippen molar-refractivity contribution in [2.45, 2.75) is 86.5 Å². The van der Waals surface area contributed by atoms with E-state index in [0.29, 0.717) is 39.9 Å². The summed E-state index contributed by atoms with van der Waals surface area (Å²) in [6.45, 7) is 6.94. The smallest absolute Gasteiger partial charge is 0.303 e. The summed E-state index contributed by atoms with van der Waals surface area (Å²) in [4.78, 5) is 20.6. The Morgan fingerprint density at radius 1 is 1.02 bits per heavy atom. The summed E-state index contributed by atoms with van der Waals surface area (Å²) in [5.74, 6) is -0.728. The van der Waals surface area contributed by atoms with E-state index in [0.717, 1.165) is 53.3 Å². The van der Waals surface area contributed by atoms with E-state index in [1.165, 1.54) is 23.9 Å². The van der Waals surface area contributed by atoms with Crippen molar-refractivity contribution in [2.24, 2.45) is 7.05 Å². The maximum absolute atomic E-state index is 15.9. The predicted molar refractivity (Wildman–Crippen MR) is 190 cm³/mol. The first-order valence-corrected chi connectivity index (χ1v) is 17.7. The average molecular weight is 695 g/mol.